The van der Waals surface area contributed by atoms with Crippen molar-refractivity contribution in [1.82, 2.24) is 15.2 Å². The number of nitrogens with zero attached hydrogens (tertiary/aromatic N) is 2. The molecule has 45 heavy (non-hydrogen) atoms. The number of benzene rings is 2. The third-order valence-electron chi connectivity index (χ3n) is 8.08. The van der Waals surface area contributed by atoms with Gasteiger partial charge in [0.15, 0.2) is 0 Å². The molecule has 238 valence electrons. The molecule has 8 nitrogen and oxygen atoms in total. The molecule has 1 fully saturated rings. The second kappa shape index (κ2) is 14.0. The number of nitrogens with one attached hydrogen (secondary N) is 2. The Hall–Kier alpha value is -4.01. The number of H-pyrrole nitrogens is 1. The minimum Gasteiger partial charge on any atom is -0.507 e. The summed E-state index contributed by atoms with van der Waals surface area (Å²) in [7, 11) is 0. The van der Waals surface area contributed by atoms with Crippen molar-refractivity contribution in [2.24, 2.45) is 11.8 Å². The third kappa shape index (κ3) is 7.63. The van der Waals surface area contributed by atoms with Gasteiger partial charge in [0, 0.05) is 58.2 Å². The molecular formula is C32H31Cl2F3N4O4. The van der Waals surface area contributed by atoms with Gasteiger partial charge in [0.2, 0.25) is 11.8 Å². The fourth-order valence-electron chi connectivity index (χ4n) is 5.30. The average Bonchev–Trinajstić information content (AvgIpc) is 3.01. The number of rotatable bonds is 8. The van der Waals surface area contributed by atoms with Crippen LogP contribution in [0, 0.1) is 23.2 Å². The average molecular weight is 664 g/mol. The largest absolute Gasteiger partial charge is 0.507 e. The highest BCUT2D eigenvalue weighted by Gasteiger charge is 2.32. The summed E-state index contributed by atoms with van der Waals surface area (Å²) in [6.07, 6.45) is -2.68. The number of aromatic nitrogens is 1. The van der Waals surface area contributed by atoms with E-state index in [1.165, 1.54) is 18.2 Å². The fraction of sp³-hybridized carbons (Fsp3) is 0.375. The van der Waals surface area contributed by atoms with E-state index in [2.05, 4.69) is 10.3 Å². The molecule has 0 bridgehead atoms. The SMILES string of the molecule is CCC(C)C(=O)N1CCC(C(=O)NCCc2cc(Cl)cc(-c3cc(-c4cc(C(F)(F)F)ccc4Cl)c(C#N)c(=O)[nH]3)c2O)CC1. The first-order valence-corrected chi connectivity index (χ1v) is 15.1. The van der Waals surface area contributed by atoms with Gasteiger partial charge in [-0.25, -0.2) is 0 Å². The Labute approximate surface area is 267 Å². The van der Waals surface area contributed by atoms with Gasteiger partial charge in [-0.3, -0.25) is 14.4 Å². The number of hydrogen-bond acceptors (Lipinski definition) is 5. The van der Waals surface area contributed by atoms with Crippen molar-refractivity contribution in [1.29, 1.82) is 5.26 Å². The number of aromatic hydroxyl groups is 1. The Bertz CT molecular complexity index is 1710. The maximum Gasteiger partial charge on any atom is 0.416 e. The van der Waals surface area contributed by atoms with Crippen molar-refractivity contribution in [3.05, 3.63) is 73.5 Å². The Kier molecular flexibility index (Phi) is 10.5. The first kappa shape index (κ1) is 33.9. The van der Waals surface area contributed by atoms with E-state index >= 15 is 0 Å². The fourth-order valence-corrected chi connectivity index (χ4v) is 5.76. The van der Waals surface area contributed by atoms with E-state index in [0.717, 1.165) is 24.6 Å². The van der Waals surface area contributed by atoms with Gasteiger partial charge in [-0.2, -0.15) is 18.4 Å². The molecule has 1 unspecified atom stereocenters. The Morgan fingerprint density at radius 2 is 1.82 bits per heavy atom. The molecule has 2 aromatic carbocycles. The molecule has 0 radical (unpaired) electrons. The summed E-state index contributed by atoms with van der Waals surface area (Å²) in [5.41, 5.74) is -2.32. The van der Waals surface area contributed by atoms with E-state index in [0.29, 0.717) is 31.5 Å². The lowest BCUT2D eigenvalue weighted by atomic mass is 9.94. The van der Waals surface area contributed by atoms with Crippen LogP contribution in [0.15, 0.2) is 41.2 Å². The molecular weight excluding hydrogens is 632 g/mol. The van der Waals surface area contributed by atoms with Gasteiger partial charge in [0.25, 0.3) is 5.56 Å². The monoisotopic (exact) mass is 662 g/mol. The molecule has 3 aromatic rings. The van der Waals surface area contributed by atoms with Crippen molar-refractivity contribution in [2.75, 3.05) is 19.6 Å². The minimum absolute atomic E-state index is 0.00791. The van der Waals surface area contributed by atoms with Crippen LogP contribution in [0.3, 0.4) is 0 Å². The summed E-state index contributed by atoms with van der Waals surface area (Å²) in [4.78, 5) is 42.4. The minimum atomic E-state index is -4.70. The second-order valence-corrected chi connectivity index (χ2v) is 11.9. The highest BCUT2D eigenvalue weighted by Crippen LogP contribution is 2.39. The quantitative estimate of drug-likeness (QED) is 0.252. The van der Waals surface area contributed by atoms with E-state index in [1.54, 1.807) is 11.0 Å². The maximum absolute atomic E-state index is 13.4. The van der Waals surface area contributed by atoms with Crippen LogP contribution < -0.4 is 10.9 Å². The molecule has 3 N–H and O–H groups in total. The zero-order chi connectivity index (χ0) is 33.1. The van der Waals surface area contributed by atoms with E-state index in [-0.39, 0.29) is 74.8 Å². The lowest BCUT2D eigenvalue weighted by molar-refractivity contribution is -0.138. The number of pyridine rings is 1. The van der Waals surface area contributed by atoms with Gasteiger partial charge in [-0.15, -0.1) is 0 Å². The molecule has 1 aliphatic rings. The molecule has 1 atom stereocenters. The molecule has 0 spiro atoms. The molecule has 1 saturated heterocycles. The Morgan fingerprint density at radius 3 is 2.44 bits per heavy atom. The predicted molar refractivity (Wildman–Crippen MR) is 165 cm³/mol. The maximum atomic E-state index is 13.4. The van der Waals surface area contributed by atoms with Crippen LogP contribution in [0.4, 0.5) is 13.2 Å². The number of aromatic amines is 1. The zero-order valence-corrected chi connectivity index (χ0v) is 26.0. The van der Waals surface area contributed by atoms with Crippen LogP contribution in [0.5, 0.6) is 5.75 Å². The molecule has 2 amide bonds. The number of amides is 2. The third-order valence-corrected chi connectivity index (χ3v) is 8.63. The van der Waals surface area contributed by atoms with Gasteiger partial charge >= 0.3 is 6.18 Å². The van der Waals surface area contributed by atoms with Crippen molar-refractivity contribution < 1.29 is 27.9 Å². The smallest absolute Gasteiger partial charge is 0.416 e. The summed E-state index contributed by atoms with van der Waals surface area (Å²) in [6, 6.07) is 8.40. The van der Waals surface area contributed by atoms with Crippen molar-refractivity contribution in [3.8, 4) is 34.2 Å². The molecule has 1 aromatic heterocycles. The van der Waals surface area contributed by atoms with Gasteiger partial charge in [-0.05, 0) is 67.6 Å². The summed E-state index contributed by atoms with van der Waals surface area (Å²) >= 11 is 12.5. The van der Waals surface area contributed by atoms with Crippen LogP contribution in [-0.4, -0.2) is 46.4 Å². The number of carbonyl (C=O) groups is 2. The van der Waals surface area contributed by atoms with Gasteiger partial charge in [0.05, 0.1) is 11.3 Å². The van der Waals surface area contributed by atoms with Crippen LogP contribution in [-0.2, 0) is 22.2 Å². The van der Waals surface area contributed by atoms with Crippen molar-refractivity contribution >= 4 is 35.0 Å². The zero-order valence-electron chi connectivity index (χ0n) is 24.5. The van der Waals surface area contributed by atoms with Crippen molar-refractivity contribution in [3.63, 3.8) is 0 Å². The Morgan fingerprint density at radius 1 is 1.13 bits per heavy atom. The van der Waals surface area contributed by atoms with Crippen LogP contribution in [0.25, 0.3) is 22.4 Å². The van der Waals surface area contributed by atoms with Crippen LogP contribution in [0.1, 0.15) is 49.8 Å². The number of piperidine rings is 1. The molecule has 4 rings (SSSR count). The second-order valence-electron chi connectivity index (χ2n) is 11.0. The number of carbonyl (C=O) groups excluding carboxylic acids is 2. The molecule has 0 saturated carbocycles. The number of phenolic OH excluding ortho intramolecular Hbond substituents is 1. The number of halogens is 5. The van der Waals surface area contributed by atoms with Crippen LogP contribution >= 0.6 is 23.2 Å². The normalized spacial score (nSPS) is 14.6. The first-order valence-electron chi connectivity index (χ1n) is 14.4. The molecule has 2 heterocycles. The van der Waals surface area contributed by atoms with E-state index in [4.69, 9.17) is 23.2 Å². The number of likely N-dealkylation sites (tertiary alicyclic amines) is 1. The summed E-state index contributed by atoms with van der Waals surface area (Å²) in [5, 5.41) is 23.7. The van der Waals surface area contributed by atoms with Gasteiger partial charge in [0.1, 0.15) is 17.4 Å². The lowest BCUT2D eigenvalue weighted by Crippen LogP contribution is -2.44. The standard InChI is InChI=1S/C32H31Cl2F3N4O4/c1-3-17(2)31(45)41-10-7-18(8-11-41)29(43)39-9-6-19-12-21(33)14-24(28(19)42)27-15-22(25(16-38)30(44)40-27)23-13-20(32(35,36)37)4-5-26(23)34/h4-5,12-15,17-18,42H,3,6-11H2,1-2H3,(H,39,43)(H,40,44). The lowest BCUT2D eigenvalue weighted by Gasteiger charge is -2.33. The first-order chi connectivity index (χ1) is 21.2. The number of alkyl halides is 3. The van der Waals surface area contributed by atoms with Gasteiger partial charge < -0.3 is 20.3 Å². The van der Waals surface area contributed by atoms with E-state index in [9.17, 15) is 37.9 Å². The molecule has 1 aliphatic heterocycles. The summed E-state index contributed by atoms with van der Waals surface area (Å²) in [6.45, 7) is 5.03. The number of phenols is 1. The van der Waals surface area contributed by atoms with Crippen LogP contribution in [0.2, 0.25) is 10.0 Å². The molecule has 13 heteroatoms. The van der Waals surface area contributed by atoms with Gasteiger partial charge in [-0.1, -0.05) is 37.0 Å². The molecule has 0 aliphatic carbocycles. The van der Waals surface area contributed by atoms with Crippen molar-refractivity contribution in [2.45, 2.75) is 45.7 Å². The summed E-state index contributed by atoms with van der Waals surface area (Å²) in [5.74, 6) is -0.646. The van der Waals surface area contributed by atoms with E-state index in [1.807, 2.05) is 13.8 Å². The predicted octanol–water partition coefficient (Wildman–Crippen LogP) is 6.56. The number of nitriles is 1. The highest BCUT2D eigenvalue weighted by molar-refractivity contribution is 6.33. The highest BCUT2D eigenvalue weighted by atomic mass is 35.5. The van der Waals surface area contributed by atoms with E-state index < -0.39 is 22.9 Å². The number of hydrogen-bond donors (Lipinski definition) is 3. The topological polar surface area (TPSA) is 126 Å². The summed E-state index contributed by atoms with van der Waals surface area (Å²) < 4.78 is 40.3. The Balaban J connectivity index is 1.55.